The van der Waals surface area contributed by atoms with Crippen molar-refractivity contribution in [3.63, 3.8) is 0 Å². The second kappa shape index (κ2) is 7.71. The van der Waals surface area contributed by atoms with E-state index in [1.165, 1.54) is 9.80 Å². The first kappa shape index (κ1) is 20.9. The third-order valence-corrected chi connectivity index (χ3v) is 7.46. The van der Waals surface area contributed by atoms with Gasteiger partial charge in [-0.15, -0.1) is 0 Å². The summed E-state index contributed by atoms with van der Waals surface area (Å²) >= 11 is 6.31. The number of urea groups is 1. The normalized spacial score (nSPS) is 21.1. The quantitative estimate of drug-likeness (QED) is 0.491. The third-order valence-electron chi connectivity index (χ3n) is 7.23. The molecule has 6 rings (SSSR count). The van der Waals surface area contributed by atoms with E-state index in [2.05, 4.69) is 4.90 Å². The van der Waals surface area contributed by atoms with Gasteiger partial charge in [0.2, 0.25) is 0 Å². The van der Waals surface area contributed by atoms with Crippen molar-refractivity contribution in [2.75, 3.05) is 21.2 Å². The molecule has 7 heteroatoms. The molecule has 0 aromatic heterocycles. The van der Waals surface area contributed by atoms with Gasteiger partial charge < -0.3 is 4.90 Å². The number of imide groups is 2. The van der Waals surface area contributed by atoms with Crippen LogP contribution in [0.5, 0.6) is 0 Å². The van der Waals surface area contributed by atoms with Crippen molar-refractivity contribution in [1.82, 2.24) is 0 Å². The molecule has 0 aliphatic carbocycles. The number of rotatable bonds is 2. The minimum Gasteiger partial charge on any atom is -0.367 e. The summed E-state index contributed by atoms with van der Waals surface area (Å²) in [6.45, 7) is 0.727. The third kappa shape index (κ3) is 2.85. The first-order valence-electron chi connectivity index (χ1n) is 11.4. The molecule has 4 amide bonds. The van der Waals surface area contributed by atoms with Crippen molar-refractivity contribution in [3.05, 3.63) is 89.4 Å². The molecule has 34 heavy (non-hydrogen) atoms. The molecule has 1 spiro atoms. The Labute approximate surface area is 202 Å². The molecule has 3 aromatic carbocycles. The predicted molar refractivity (Wildman–Crippen MR) is 131 cm³/mol. The van der Waals surface area contributed by atoms with Gasteiger partial charge in [-0.2, -0.15) is 0 Å². The van der Waals surface area contributed by atoms with Gasteiger partial charge in [0, 0.05) is 17.3 Å². The first-order chi connectivity index (χ1) is 16.5. The highest BCUT2D eigenvalue weighted by molar-refractivity contribution is 6.39. The van der Waals surface area contributed by atoms with Crippen LogP contribution < -0.4 is 14.7 Å². The van der Waals surface area contributed by atoms with E-state index in [1.807, 2.05) is 24.3 Å². The van der Waals surface area contributed by atoms with Crippen molar-refractivity contribution < 1.29 is 14.4 Å². The Morgan fingerprint density at radius 3 is 1.97 bits per heavy atom. The van der Waals surface area contributed by atoms with E-state index in [4.69, 9.17) is 11.6 Å². The zero-order valence-corrected chi connectivity index (χ0v) is 19.1. The van der Waals surface area contributed by atoms with Crippen molar-refractivity contribution in [2.45, 2.75) is 25.3 Å². The molecular weight excluding hydrogens is 450 g/mol. The van der Waals surface area contributed by atoms with Crippen molar-refractivity contribution in [3.8, 4) is 0 Å². The standard InChI is InChI=1S/C27H22ClN3O3/c28-19-14-13-18-17-27(23-12-7-15-29(23)22(18)16-19)24(32)30(20-8-3-1-4-9-20)26(34)31(25(27)33)21-10-5-2-6-11-21/h1-6,8-11,13-14,16,23H,7,12,15,17H2/t23-/m1/s1. The molecule has 2 fully saturated rings. The minimum atomic E-state index is -1.42. The molecule has 0 radical (unpaired) electrons. The van der Waals surface area contributed by atoms with Crippen LogP contribution in [0.4, 0.5) is 21.9 Å². The average Bonchev–Trinajstić information content (AvgIpc) is 3.35. The van der Waals surface area contributed by atoms with Crippen LogP contribution in [0.2, 0.25) is 5.02 Å². The number of fused-ring (bicyclic) bond motifs is 4. The molecular formula is C27H22ClN3O3. The number of para-hydroxylation sites is 2. The average molecular weight is 472 g/mol. The molecule has 3 aliphatic rings. The van der Waals surface area contributed by atoms with E-state index in [1.54, 1.807) is 54.6 Å². The lowest BCUT2D eigenvalue weighted by Crippen LogP contribution is -2.72. The fraction of sp³-hybridized carbons (Fsp3) is 0.222. The first-order valence-corrected chi connectivity index (χ1v) is 11.8. The van der Waals surface area contributed by atoms with Gasteiger partial charge in [-0.3, -0.25) is 9.59 Å². The lowest BCUT2D eigenvalue weighted by Gasteiger charge is -2.51. The number of nitrogens with zero attached hydrogens (tertiary/aromatic N) is 3. The van der Waals surface area contributed by atoms with Gasteiger partial charge >= 0.3 is 6.03 Å². The number of hydrogen-bond acceptors (Lipinski definition) is 4. The molecule has 3 heterocycles. The predicted octanol–water partition coefficient (Wildman–Crippen LogP) is 5.05. The molecule has 2 saturated heterocycles. The highest BCUT2D eigenvalue weighted by Gasteiger charge is 2.65. The van der Waals surface area contributed by atoms with Crippen LogP contribution in [0.3, 0.4) is 0 Å². The Kier molecular flexibility index (Phi) is 4.74. The number of amides is 4. The fourth-order valence-corrected chi connectivity index (χ4v) is 5.92. The number of hydrogen-bond donors (Lipinski definition) is 0. The van der Waals surface area contributed by atoms with E-state index < -0.39 is 23.3 Å². The summed E-state index contributed by atoms with van der Waals surface area (Å²) in [6.07, 6.45) is 1.75. The summed E-state index contributed by atoms with van der Waals surface area (Å²) in [5.41, 5.74) is 1.35. The summed E-state index contributed by atoms with van der Waals surface area (Å²) in [5, 5.41) is 0.619. The molecule has 3 aliphatic heterocycles. The topological polar surface area (TPSA) is 60.9 Å². The van der Waals surface area contributed by atoms with Crippen LogP contribution in [0, 0.1) is 5.41 Å². The van der Waals surface area contributed by atoms with Gasteiger partial charge in [-0.1, -0.05) is 54.1 Å². The Bertz CT molecular complexity index is 1250. The minimum absolute atomic E-state index is 0.221. The van der Waals surface area contributed by atoms with E-state index in [0.29, 0.717) is 22.8 Å². The summed E-state index contributed by atoms with van der Waals surface area (Å²) in [5.74, 6) is -0.920. The Morgan fingerprint density at radius 2 is 1.38 bits per heavy atom. The highest BCUT2D eigenvalue weighted by atomic mass is 35.5. The molecule has 1 atom stereocenters. The summed E-state index contributed by atoms with van der Waals surface area (Å²) < 4.78 is 0. The molecule has 3 aromatic rings. The van der Waals surface area contributed by atoms with Crippen LogP contribution in [0.25, 0.3) is 0 Å². The smallest absolute Gasteiger partial charge is 0.342 e. The number of barbiturate groups is 1. The molecule has 0 bridgehead atoms. The second-order valence-corrected chi connectivity index (χ2v) is 9.44. The van der Waals surface area contributed by atoms with Crippen LogP contribution in [0.1, 0.15) is 18.4 Å². The lowest BCUT2D eigenvalue weighted by molar-refractivity contribution is -0.142. The lowest BCUT2D eigenvalue weighted by atomic mass is 9.68. The highest BCUT2D eigenvalue weighted by Crippen LogP contribution is 2.51. The summed E-state index contributed by atoms with van der Waals surface area (Å²) in [6, 6.07) is 22.3. The van der Waals surface area contributed by atoms with E-state index in [9.17, 15) is 14.4 Å². The van der Waals surface area contributed by atoms with Crippen LogP contribution >= 0.6 is 11.6 Å². The van der Waals surface area contributed by atoms with Crippen LogP contribution in [-0.2, 0) is 16.0 Å². The fourth-order valence-electron chi connectivity index (χ4n) is 5.75. The Morgan fingerprint density at radius 1 is 0.794 bits per heavy atom. The number of anilines is 3. The summed E-state index contributed by atoms with van der Waals surface area (Å²) in [7, 11) is 0. The van der Waals surface area contributed by atoms with Gasteiger partial charge in [0.05, 0.1) is 17.4 Å². The molecule has 0 unspecified atom stereocenters. The maximum absolute atomic E-state index is 14.3. The van der Waals surface area contributed by atoms with Crippen molar-refractivity contribution >= 4 is 46.5 Å². The van der Waals surface area contributed by atoms with Gasteiger partial charge in [-0.25, -0.2) is 14.6 Å². The second-order valence-electron chi connectivity index (χ2n) is 9.01. The molecule has 0 N–H and O–H groups in total. The van der Waals surface area contributed by atoms with E-state index >= 15 is 0 Å². The van der Waals surface area contributed by atoms with Crippen LogP contribution in [0.15, 0.2) is 78.9 Å². The van der Waals surface area contributed by atoms with Gasteiger partial charge in [-0.05, 0) is 61.2 Å². The van der Waals surface area contributed by atoms with Crippen molar-refractivity contribution in [2.24, 2.45) is 5.41 Å². The van der Waals surface area contributed by atoms with E-state index in [0.717, 1.165) is 24.2 Å². The molecule has 6 nitrogen and oxygen atoms in total. The maximum Gasteiger partial charge on any atom is 0.342 e. The largest absolute Gasteiger partial charge is 0.367 e. The maximum atomic E-state index is 14.3. The van der Waals surface area contributed by atoms with E-state index in [-0.39, 0.29) is 12.5 Å². The summed E-state index contributed by atoms with van der Waals surface area (Å²) in [4.78, 5) is 46.9. The van der Waals surface area contributed by atoms with Gasteiger partial charge in [0.25, 0.3) is 11.8 Å². The zero-order chi connectivity index (χ0) is 23.4. The Hall–Kier alpha value is -3.64. The monoisotopic (exact) mass is 471 g/mol. The van der Waals surface area contributed by atoms with Gasteiger partial charge in [0.1, 0.15) is 0 Å². The number of halogens is 1. The number of carbonyl (C=O) groups excluding carboxylic acids is 3. The Balaban J connectivity index is 1.58. The number of benzene rings is 3. The van der Waals surface area contributed by atoms with Gasteiger partial charge in [0.15, 0.2) is 5.41 Å². The van der Waals surface area contributed by atoms with Crippen molar-refractivity contribution in [1.29, 1.82) is 0 Å². The molecule has 170 valence electrons. The zero-order valence-electron chi connectivity index (χ0n) is 18.4. The SMILES string of the molecule is O=C1N(c2ccccc2)C(=O)C2(Cc3ccc(Cl)cc3N3CCC[C@@H]32)C(=O)N1c1ccccc1. The van der Waals surface area contributed by atoms with Crippen LogP contribution in [-0.4, -0.2) is 30.4 Å². The molecule has 0 saturated carbocycles. The number of carbonyl (C=O) groups is 3.